The van der Waals surface area contributed by atoms with Crippen LogP contribution in [-0.2, 0) is 4.79 Å². The van der Waals surface area contributed by atoms with E-state index in [0.717, 1.165) is 31.5 Å². The van der Waals surface area contributed by atoms with E-state index in [0.29, 0.717) is 19.5 Å². The number of anilines is 1. The Hall–Kier alpha value is -1.79. The molecular weight excluding hydrogens is 328 g/mol. The normalized spacial score (nSPS) is 14.6. The van der Waals surface area contributed by atoms with Crippen molar-refractivity contribution in [2.45, 2.75) is 31.7 Å². The molecule has 6 nitrogen and oxygen atoms in total. The summed E-state index contributed by atoms with van der Waals surface area (Å²) < 4.78 is 0. The van der Waals surface area contributed by atoms with Gasteiger partial charge in [0.25, 0.3) is 0 Å². The molecule has 1 fully saturated rings. The maximum atomic E-state index is 12.0. The van der Waals surface area contributed by atoms with Crippen LogP contribution in [0, 0.1) is 0 Å². The molecule has 0 bridgehead atoms. The van der Waals surface area contributed by atoms with Gasteiger partial charge in [-0.15, -0.1) is 12.4 Å². The van der Waals surface area contributed by atoms with Crippen molar-refractivity contribution in [1.29, 1.82) is 0 Å². The van der Waals surface area contributed by atoms with Crippen LogP contribution in [0.2, 0.25) is 0 Å². The molecule has 7 heteroatoms. The van der Waals surface area contributed by atoms with Gasteiger partial charge in [-0.05, 0) is 45.0 Å². The van der Waals surface area contributed by atoms with Crippen molar-refractivity contribution < 1.29 is 9.59 Å². The summed E-state index contributed by atoms with van der Waals surface area (Å²) in [5.41, 5.74) is 0.780. The summed E-state index contributed by atoms with van der Waals surface area (Å²) in [6.07, 6.45) is 3.07. The maximum Gasteiger partial charge on any atom is 0.319 e. The highest BCUT2D eigenvalue weighted by atomic mass is 35.5. The zero-order chi connectivity index (χ0) is 16.5. The summed E-state index contributed by atoms with van der Waals surface area (Å²) in [5.74, 6) is 0.215. The molecular formula is C17H27ClN4O2. The predicted octanol–water partition coefficient (Wildman–Crippen LogP) is 2.22. The van der Waals surface area contributed by atoms with Crippen molar-refractivity contribution in [1.82, 2.24) is 15.5 Å². The Balaban J connectivity index is 0.00000288. The molecule has 3 amide bonds. The molecule has 1 aliphatic rings. The third-order valence-corrected chi connectivity index (χ3v) is 4.03. The molecule has 1 heterocycles. The van der Waals surface area contributed by atoms with Gasteiger partial charge in [0.2, 0.25) is 5.91 Å². The van der Waals surface area contributed by atoms with Crippen molar-refractivity contribution >= 4 is 30.0 Å². The van der Waals surface area contributed by atoms with E-state index in [2.05, 4.69) is 16.0 Å². The SMILES string of the molecule is CNCCCC(=O)N1CCC(NC(=O)Nc2ccccc2)CC1.Cl. The smallest absolute Gasteiger partial charge is 0.319 e. The number of hydrogen-bond donors (Lipinski definition) is 3. The molecule has 0 unspecified atom stereocenters. The van der Waals surface area contributed by atoms with Gasteiger partial charge in [-0.3, -0.25) is 4.79 Å². The fourth-order valence-electron chi connectivity index (χ4n) is 2.72. The van der Waals surface area contributed by atoms with Crippen LogP contribution < -0.4 is 16.0 Å². The second-order valence-electron chi connectivity index (χ2n) is 5.83. The number of halogens is 1. The second kappa shape index (κ2) is 10.9. The number of amides is 3. The molecule has 0 aliphatic carbocycles. The average Bonchev–Trinajstić information content (AvgIpc) is 2.56. The van der Waals surface area contributed by atoms with Crippen molar-refractivity contribution in [3.8, 4) is 0 Å². The van der Waals surface area contributed by atoms with Gasteiger partial charge in [-0.2, -0.15) is 0 Å². The average molecular weight is 355 g/mol. The lowest BCUT2D eigenvalue weighted by Gasteiger charge is -2.32. The Morgan fingerprint density at radius 3 is 2.46 bits per heavy atom. The quantitative estimate of drug-likeness (QED) is 0.686. The Morgan fingerprint density at radius 2 is 1.83 bits per heavy atom. The van der Waals surface area contributed by atoms with Gasteiger partial charge in [-0.1, -0.05) is 18.2 Å². The van der Waals surface area contributed by atoms with Crippen LogP contribution in [0.5, 0.6) is 0 Å². The molecule has 134 valence electrons. The molecule has 2 rings (SSSR count). The Morgan fingerprint density at radius 1 is 1.17 bits per heavy atom. The Labute approximate surface area is 149 Å². The molecule has 1 saturated heterocycles. The highest BCUT2D eigenvalue weighted by molar-refractivity contribution is 5.89. The monoisotopic (exact) mass is 354 g/mol. The first-order valence-electron chi connectivity index (χ1n) is 8.24. The number of para-hydroxylation sites is 1. The lowest BCUT2D eigenvalue weighted by molar-refractivity contribution is -0.132. The lowest BCUT2D eigenvalue weighted by atomic mass is 10.0. The first kappa shape index (κ1) is 20.3. The summed E-state index contributed by atoms with van der Waals surface area (Å²) in [5, 5.41) is 8.85. The number of benzene rings is 1. The summed E-state index contributed by atoms with van der Waals surface area (Å²) >= 11 is 0. The van der Waals surface area contributed by atoms with Gasteiger partial charge in [0.15, 0.2) is 0 Å². The summed E-state index contributed by atoms with van der Waals surface area (Å²) in [6.45, 7) is 2.30. The fourth-order valence-corrected chi connectivity index (χ4v) is 2.72. The highest BCUT2D eigenvalue weighted by Crippen LogP contribution is 2.12. The lowest BCUT2D eigenvalue weighted by Crippen LogP contribution is -2.47. The first-order valence-corrected chi connectivity index (χ1v) is 8.24. The third-order valence-electron chi connectivity index (χ3n) is 4.03. The molecule has 3 N–H and O–H groups in total. The number of rotatable bonds is 6. The van der Waals surface area contributed by atoms with Crippen LogP contribution in [0.25, 0.3) is 0 Å². The van der Waals surface area contributed by atoms with E-state index >= 15 is 0 Å². The first-order chi connectivity index (χ1) is 11.2. The van der Waals surface area contributed by atoms with E-state index in [1.54, 1.807) is 0 Å². The van der Waals surface area contributed by atoms with Gasteiger partial charge < -0.3 is 20.9 Å². The molecule has 0 spiro atoms. The standard InChI is InChI=1S/C17H26N4O2.ClH/c1-18-11-5-8-16(22)21-12-9-15(10-13-21)20-17(23)19-14-6-3-2-4-7-14;/h2-4,6-7,15,18H,5,8-13H2,1H3,(H2,19,20,23);1H. The summed E-state index contributed by atoms with van der Waals surface area (Å²) in [6, 6.07) is 9.32. The number of piperidine rings is 1. The maximum absolute atomic E-state index is 12.0. The van der Waals surface area contributed by atoms with E-state index in [1.807, 2.05) is 42.3 Å². The minimum absolute atomic E-state index is 0. The van der Waals surface area contributed by atoms with Gasteiger partial charge in [0.05, 0.1) is 0 Å². The highest BCUT2D eigenvalue weighted by Gasteiger charge is 2.23. The number of nitrogens with zero attached hydrogens (tertiary/aromatic N) is 1. The van der Waals surface area contributed by atoms with Gasteiger partial charge >= 0.3 is 6.03 Å². The number of hydrogen-bond acceptors (Lipinski definition) is 3. The van der Waals surface area contributed by atoms with Crippen molar-refractivity contribution in [3.63, 3.8) is 0 Å². The van der Waals surface area contributed by atoms with Gasteiger partial charge in [0, 0.05) is 31.2 Å². The number of likely N-dealkylation sites (tertiary alicyclic amines) is 1. The molecule has 0 radical (unpaired) electrons. The van der Waals surface area contributed by atoms with Crippen LogP contribution >= 0.6 is 12.4 Å². The van der Waals surface area contributed by atoms with Crippen molar-refractivity contribution in [3.05, 3.63) is 30.3 Å². The van der Waals surface area contributed by atoms with Crippen LogP contribution in [0.15, 0.2) is 30.3 Å². The van der Waals surface area contributed by atoms with E-state index in [9.17, 15) is 9.59 Å². The number of urea groups is 1. The fraction of sp³-hybridized carbons (Fsp3) is 0.529. The minimum atomic E-state index is -0.185. The summed E-state index contributed by atoms with van der Waals surface area (Å²) in [4.78, 5) is 25.9. The van der Waals surface area contributed by atoms with E-state index < -0.39 is 0 Å². The van der Waals surface area contributed by atoms with Crippen LogP contribution in [0.4, 0.5) is 10.5 Å². The molecule has 0 saturated carbocycles. The zero-order valence-corrected chi connectivity index (χ0v) is 14.9. The largest absolute Gasteiger partial charge is 0.343 e. The number of carbonyl (C=O) groups is 2. The van der Waals surface area contributed by atoms with Gasteiger partial charge in [0.1, 0.15) is 0 Å². The van der Waals surface area contributed by atoms with E-state index in [1.165, 1.54) is 0 Å². The summed E-state index contributed by atoms with van der Waals surface area (Å²) in [7, 11) is 1.89. The molecule has 1 aromatic rings. The van der Waals surface area contributed by atoms with Crippen LogP contribution in [-0.4, -0.2) is 49.6 Å². The number of nitrogens with one attached hydrogen (secondary N) is 3. The minimum Gasteiger partial charge on any atom is -0.343 e. The van der Waals surface area contributed by atoms with E-state index in [4.69, 9.17) is 0 Å². The van der Waals surface area contributed by atoms with Gasteiger partial charge in [-0.25, -0.2) is 4.79 Å². The predicted molar refractivity (Wildman–Crippen MR) is 98.6 cm³/mol. The van der Waals surface area contributed by atoms with Crippen molar-refractivity contribution in [2.75, 3.05) is 32.0 Å². The third kappa shape index (κ3) is 6.76. The molecule has 1 aromatic carbocycles. The Kier molecular flexibility index (Phi) is 9.19. The van der Waals surface area contributed by atoms with Crippen LogP contribution in [0.1, 0.15) is 25.7 Å². The molecule has 0 atom stereocenters. The zero-order valence-electron chi connectivity index (χ0n) is 14.1. The molecule has 1 aliphatic heterocycles. The molecule has 0 aromatic heterocycles. The van der Waals surface area contributed by atoms with Crippen LogP contribution in [0.3, 0.4) is 0 Å². The number of carbonyl (C=O) groups excluding carboxylic acids is 2. The molecule has 24 heavy (non-hydrogen) atoms. The topological polar surface area (TPSA) is 73.5 Å². The van der Waals surface area contributed by atoms with Crippen molar-refractivity contribution in [2.24, 2.45) is 0 Å². The second-order valence-corrected chi connectivity index (χ2v) is 5.83. The van der Waals surface area contributed by atoms with E-state index in [-0.39, 0.29) is 30.4 Å². The Bertz CT molecular complexity index is 505.